The summed E-state index contributed by atoms with van der Waals surface area (Å²) in [5.74, 6) is -0.497. The number of benzene rings is 2. The number of rotatable bonds is 6. The molecule has 0 spiro atoms. The summed E-state index contributed by atoms with van der Waals surface area (Å²) in [4.78, 5) is 23.4. The van der Waals surface area contributed by atoms with E-state index in [9.17, 15) is 9.59 Å². The van der Waals surface area contributed by atoms with Crippen molar-refractivity contribution < 1.29 is 14.7 Å². The Bertz CT molecular complexity index is 745. The summed E-state index contributed by atoms with van der Waals surface area (Å²) in [6, 6.07) is 13.1. The standard InChI is InChI=1S/C17H16ClN3O3/c18-13-2-1-3-14(10-13)20-16(23)8-9-17(24)21-19-11-12-4-6-15(22)7-5-12/h1-7,10-11,22H,8-9H2,(H,20,23)(H,21,24). The van der Waals surface area contributed by atoms with Crippen molar-refractivity contribution in [3.8, 4) is 5.75 Å². The van der Waals surface area contributed by atoms with Crippen LogP contribution in [0.4, 0.5) is 5.69 Å². The summed E-state index contributed by atoms with van der Waals surface area (Å²) in [5, 5.41) is 16.1. The van der Waals surface area contributed by atoms with E-state index < -0.39 is 0 Å². The highest BCUT2D eigenvalue weighted by molar-refractivity contribution is 6.30. The molecule has 3 N–H and O–H groups in total. The zero-order valence-electron chi connectivity index (χ0n) is 12.7. The van der Waals surface area contributed by atoms with Gasteiger partial charge in [0.1, 0.15) is 5.75 Å². The second kappa shape index (κ2) is 8.69. The lowest BCUT2D eigenvalue weighted by atomic mass is 10.2. The molecule has 0 aliphatic carbocycles. The fourth-order valence-electron chi connectivity index (χ4n) is 1.81. The number of hydrazone groups is 1. The number of aromatic hydroxyl groups is 1. The number of hydrogen-bond acceptors (Lipinski definition) is 4. The zero-order valence-corrected chi connectivity index (χ0v) is 13.5. The Labute approximate surface area is 144 Å². The van der Waals surface area contributed by atoms with E-state index in [-0.39, 0.29) is 30.4 Å². The Morgan fingerprint density at radius 2 is 1.79 bits per heavy atom. The fraction of sp³-hybridized carbons (Fsp3) is 0.118. The topological polar surface area (TPSA) is 90.8 Å². The molecule has 0 radical (unpaired) electrons. The quantitative estimate of drug-likeness (QED) is 0.555. The zero-order chi connectivity index (χ0) is 17.4. The maximum Gasteiger partial charge on any atom is 0.240 e. The molecule has 0 unspecified atom stereocenters. The van der Waals surface area contributed by atoms with Gasteiger partial charge in [0.2, 0.25) is 11.8 Å². The van der Waals surface area contributed by atoms with Crippen LogP contribution < -0.4 is 10.7 Å². The summed E-state index contributed by atoms with van der Waals surface area (Å²) < 4.78 is 0. The monoisotopic (exact) mass is 345 g/mol. The highest BCUT2D eigenvalue weighted by Crippen LogP contribution is 2.15. The first-order valence-corrected chi connectivity index (χ1v) is 7.57. The summed E-state index contributed by atoms with van der Waals surface area (Å²) in [6.45, 7) is 0. The Hall–Kier alpha value is -2.86. The first kappa shape index (κ1) is 17.5. The minimum Gasteiger partial charge on any atom is -0.508 e. The van der Waals surface area contributed by atoms with Gasteiger partial charge in [-0.1, -0.05) is 17.7 Å². The fourth-order valence-corrected chi connectivity index (χ4v) is 2.00. The van der Waals surface area contributed by atoms with E-state index >= 15 is 0 Å². The molecule has 0 fully saturated rings. The van der Waals surface area contributed by atoms with E-state index in [1.807, 2.05) is 0 Å². The highest BCUT2D eigenvalue weighted by Gasteiger charge is 2.07. The SMILES string of the molecule is O=C(CCC(=O)Nc1cccc(Cl)c1)NN=Cc1ccc(O)cc1. The van der Waals surface area contributed by atoms with Crippen molar-refractivity contribution in [2.75, 3.05) is 5.32 Å². The van der Waals surface area contributed by atoms with Gasteiger partial charge in [-0.3, -0.25) is 9.59 Å². The molecule has 24 heavy (non-hydrogen) atoms. The van der Waals surface area contributed by atoms with E-state index in [4.69, 9.17) is 16.7 Å². The van der Waals surface area contributed by atoms with Crippen LogP contribution in [0.1, 0.15) is 18.4 Å². The number of anilines is 1. The number of carbonyl (C=O) groups excluding carboxylic acids is 2. The molecule has 0 saturated carbocycles. The molecular formula is C17H16ClN3O3. The van der Waals surface area contributed by atoms with Crippen molar-refractivity contribution >= 4 is 35.3 Å². The summed E-state index contributed by atoms with van der Waals surface area (Å²) in [6.07, 6.45) is 1.50. The van der Waals surface area contributed by atoms with Gasteiger partial charge >= 0.3 is 0 Å². The Balaban J connectivity index is 1.72. The van der Waals surface area contributed by atoms with E-state index in [2.05, 4.69) is 15.8 Å². The van der Waals surface area contributed by atoms with Gasteiger partial charge in [0.25, 0.3) is 0 Å². The third kappa shape index (κ3) is 6.10. The minimum atomic E-state index is -0.369. The molecule has 6 nitrogen and oxygen atoms in total. The van der Waals surface area contributed by atoms with Gasteiger partial charge in [0.05, 0.1) is 6.21 Å². The number of phenols is 1. The second-order valence-electron chi connectivity index (χ2n) is 4.94. The van der Waals surface area contributed by atoms with Gasteiger partial charge in [0, 0.05) is 23.6 Å². The third-order valence-corrected chi connectivity index (χ3v) is 3.22. The molecule has 2 aromatic rings. The molecule has 2 amide bonds. The van der Waals surface area contributed by atoms with Gasteiger partial charge < -0.3 is 10.4 Å². The van der Waals surface area contributed by atoms with Crippen LogP contribution in [0.2, 0.25) is 5.02 Å². The third-order valence-electron chi connectivity index (χ3n) is 2.98. The van der Waals surface area contributed by atoms with Crippen LogP contribution in [0.25, 0.3) is 0 Å². The first-order chi connectivity index (χ1) is 11.5. The van der Waals surface area contributed by atoms with Gasteiger partial charge in [-0.25, -0.2) is 5.43 Å². The Morgan fingerprint density at radius 3 is 2.50 bits per heavy atom. The maximum atomic E-state index is 11.8. The van der Waals surface area contributed by atoms with Crippen LogP contribution in [0, 0.1) is 0 Å². The van der Waals surface area contributed by atoms with Crippen LogP contribution in [-0.2, 0) is 9.59 Å². The molecule has 7 heteroatoms. The predicted molar refractivity (Wildman–Crippen MR) is 93.2 cm³/mol. The van der Waals surface area contributed by atoms with Crippen molar-refractivity contribution in [1.82, 2.24) is 5.43 Å². The highest BCUT2D eigenvalue weighted by atomic mass is 35.5. The largest absolute Gasteiger partial charge is 0.508 e. The maximum absolute atomic E-state index is 11.8. The van der Waals surface area contributed by atoms with Gasteiger partial charge in [-0.15, -0.1) is 0 Å². The predicted octanol–water partition coefficient (Wildman–Crippen LogP) is 2.91. The number of phenolic OH excluding ortho intramolecular Hbond substituents is 1. The molecule has 0 aliphatic rings. The van der Waals surface area contributed by atoms with E-state index in [1.54, 1.807) is 36.4 Å². The minimum absolute atomic E-state index is 0.0132. The number of carbonyl (C=O) groups is 2. The average Bonchev–Trinajstić information content (AvgIpc) is 2.55. The van der Waals surface area contributed by atoms with Crippen molar-refractivity contribution in [2.24, 2.45) is 5.10 Å². The smallest absolute Gasteiger partial charge is 0.240 e. The van der Waals surface area contributed by atoms with Crippen LogP contribution in [-0.4, -0.2) is 23.1 Å². The van der Waals surface area contributed by atoms with E-state index in [0.29, 0.717) is 10.7 Å². The average molecular weight is 346 g/mol. The number of nitrogens with zero attached hydrogens (tertiary/aromatic N) is 1. The van der Waals surface area contributed by atoms with Crippen molar-refractivity contribution in [3.05, 3.63) is 59.1 Å². The van der Waals surface area contributed by atoms with Crippen LogP contribution in [0.3, 0.4) is 0 Å². The molecule has 0 bridgehead atoms. The lowest BCUT2D eigenvalue weighted by Gasteiger charge is -2.05. The lowest BCUT2D eigenvalue weighted by Crippen LogP contribution is -2.20. The molecule has 0 aliphatic heterocycles. The lowest BCUT2D eigenvalue weighted by molar-refractivity contribution is -0.124. The summed E-state index contributed by atoms with van der Waals surface area (Å²) in [5.41, 5.74) is 3.65. The van der Waals surface area contributed by atoms with E-state index in [1.165, 1.54) is 18.3 Å². The van der Waals surface area contributed by atoms with Crippen LogP contribution in [0.15, 0.2) is 53.6 Å². The molecule has 124 valence electrons. The Kier molecular flexibility index (Phi) is 6.33. The second-order valence-corrected chi connectivity index (χ2v) is 5.38. The van der Waals surface area contributed by atoms with Gasteiger partial charge in [-0.05, 0) is 48.0 Å². The number of nitrogens with one attached hydrogen (secondary N) is 2. The molecule has 2 rings (SSSR count). The van der Waals surface area contributed by atoms with Crippen molar-refractivity contribution in [1.29, 1.82) is 0 Å². The molecular weight excluding hydrogens is 330 g/mol. The molecule has 0 saturated heterocycles. The first-order valence-electron chi connectivity index (χ1n) is 7.19. The normalized spacial score (nSPS) is 10.5. The van der Waals surface area contributed by atoms with Crippen LogP contribution in [0.5, 0.6) is 5.75 Å². The molecule has 0 atom stereocenters. The van der Waals surface area contributed by atoms with Gasteiger partial charge in [-0.2, -0.15) is 5.10 Å². The Morgan fingerprint density at radius 1 is 1.08 bits per heavy atom. The van der Waals surface area contributed by atoms with Gasteiger partial charge in [0.15, 0.2) is 0 Å². The van der Waals surface area contributed by atoms with E-state index in [0.717, 1.165) is 5.56 Å². The van der Waals surface area contributed by atoms with Crippen molar-refractivity contribution in [2.45, 2.75) is 12.8 Å². The number of hydrogen-bond donors (Lipinski definition) is 3. The molecule has 0 heterocycles. The summed E-state index contributed by atoms with van der Waals surface area (Å²) in [7, 11) is 0. The van der Waals surface area contributed by atoms with Crippen molar-refractivity contribution in [3.63, 3.8) is 0 Å². The number of amides is 2. The molecule has 2 aromatic carbocycles. The van der Waals surface area contributed by atoms with Crippen LogP contribution >= 0.6 is 11.6 Å². The summed E-state index contributed by atoms with van der Waals surface area (Å²) >= 11 is 5.83. The molecule has 0 aromatic heterocycles. The number of halogens is 1.